The molecule has 0 aromatic carbocycles. The van der Waals surface area contributed by atoms with Gasteiger partial charge in [-0.05, 0) is 57.8 Å². The third-order valence-electron chi connectivity index (χ3n) is 10.1. The molecule has 0 aromatic rings. The fourth-order valence-corrected chi connectivity index (χ4v) is 6.64. The summed E-state index contributed by atoms with van der Waals surface area (Å²) in [6, 6.07) is -1.18. The van der Waals surface area contributed by atoms with E-state index in [0.29, 0.717) is 58.8 Å². The van der Waals surface area contributed by atoms with Crippen molar-refractivity contribution in [2.75, 3.05) is 72.5 Å². The van der Waals surface area contributed by atoms with Crippen LogP contribution in [0.1, 0.15) is 135 Å². The highest BCUT2D eigenvalue weighted by atomic mass is 16.5. The van der Waals surface area contributed by atoms with Crippen LogP contribution in [0.15, 0.2) is 0 Å². The van der Waals surface area contributed by atoms with E-state index in [1.165, 1.54) is 45.4 Å². The molecule has 0 aliphatic heterocycles. The monoisotopic (exact) mass is 844 g/mol. The zero-order chi connectivity index (χ0) is 43.4. The average Bonchev–Trinajstić information content (AvgIpc) is 3.20. The molecule has 0 heterocycles. The maximum absolute atomic E-state index is 12.9. The molecule has 0 aromatic heterocycles. The van der Waals surface area contributed by atoms with Crippen molar-refractivity contribution < 1.29 is 62.7 Å². The smallest absolute Gasteiger partial charge is 0.326 e. The van der Waals surface area contributed by atoms with E-state index in [0.717, 1.165) is 51.4 Å². The second-order valence-electron chi connectivity index (χ2n) is 15.4. The molecule has 1 aliphatic rings. The lowest BCUT2D eigenvalue weighted by Crippen LogP contribution is -2.45. The summed E-state index contributed by atoms with van der Waals surface area (Å²) in [6.07, 6.45) is 16.6. The zero-order valence-electron chi connectivity index (χ0n) is 35.6. The van der Waals surface area contributed by atoms with Crippen LogP contribution in [0, 0.1) is 11.8 Å². The van der Waals surface area contributed by atoms with E-state index in [4.69, 9.17) is 19.3 Å². The number of amides is 4. The molecule has 1 saturated carbocycles. The molecule has 1 rings (SSSR count). The molecule has 0 radical (unpaired) electrons. The highest BCUT2D eigenvalue weighted by molar-refractivity contribution is 5.85. The molecular weight excluding hydrogens is 768 g/mol. The third-order valence-corrected chi connectivity index (χ3v) is 10.1. The first-order valence-electron chi connectivity index (χ1n) is 21.9. The second-order valence-corrected chi connectivity index (χ2v) is 15.4. The molecule has 17 heteroatoms. The van der Waals surface area contributed by atoms with Gasteiger partial charge in [-0.15, -0.1) is 0 Å². The molecule has 4 amide bonds. The maximum atomic E-state index is 12.9. The number of ketones is 1. The Bertz CT molecular complexity index is 1200. The minimum atomic E-state index is -1.20. The van der Waals surface area contributed by atoms with Crippen LogP contribution in [0.4, 0.5) is 0 Å². The molecule has 17 nitrogen and oxygen atoms in total. The Hall–Kier alpha value is -3.67. The van der Waals surface area contributed by atoms with Gasteiger partial charge in [0.05, 0.1) is 26.4 Å². The van der Waals surface area contributed by atoms with E-state index in [2.05, 4.69) is 26.0 Å². The van der Waals surface area contributed by atoms with Crippen molar-refractivity contribution >= 4 is 41.4 Å². The number of ether oxygens (including phenoxy) is 4. The van der Waals surface area contributed by atoms with Crippen molar-refractivity contribution in [3.05, 3.63) is 0 Å². The molecule has 0 unspecified atom stereocenters. The van der Waals surface area contributed by atoms with Crippen molar-refractivity contribution in [1.29, 1.82) is 0 Å². The largest absolute Gasteiger partial charge is 0.481 e. The van der Waals surface area contributed by atoms with Gasteiger partial charge in [-0.25, -0.2) is 4.79 Å². The van der Waals surface area contributed by atoms with Gasteiger partial charge >= 0.3 is 11.9 Å². The van der Waals surface area contributed by atoms with Gasteiger partial charge in [-0.2, -0.15) is 0 Å². The molecule has 340 valence electrons. The second kappa shape index (κ2) is 36.2. The van der Waals surface area contributed by atoms with Crippen LogP contribution < -0.4 is 21.3 Å². The normalized spacial score (nSPS) is 15.5. The fraction of sp³-hybridized carbons (Fsp3) is 0.833. The third kappa shape index (κ3) is 32.8. The molecule has 0 saturated heterocycles. The molecule has 59 heavy (non-hydrogen) atoms. The van der Waals surface area contributed by atoms with E-state index in [1.54, 1.807) is 0 Å². The number of carbonyl (C=O) groups excluding carboxylic acids is 5. The minimum Gasteiger partial charge on any atom is -0.481 e. The van der Waals surface area contributed by atoms with Crippen molar-refractivity contribution in [3.63, 3.8) is 0 Å². The summed E-state index contributed by atoms with van der Waals surface area (Å²) in [5.74, 6) is -2.84. The number of hydrogen-bond donors (Lipinski definition) is 6. The molecular formula is C42H75N4O13+. The molecule has 0 bridgehead atoms. The lowest BCUT2D eigenvalue weighted by Gasteiger charge is -2.28. The first-order chi connectivity index (χ1) is 28.5. The maximum Gasteiger partial charge on any atom is 0.326 e. The first-order valence-corrected chi connectivity index (χ1v) is 21.9. The van der Waals surface area contributed by atoms with Gasteiger partial charge in [-0.3, -0.25) is 28.8 Å². The summed E-state index contributed by atoms with van der Waals surface area (Å²) >= 11 is 0. The Morgan fingerprint density at radius 1 is 0.610 bits per heavy atom. The summed E-state index contributed by atoms with van der Waals surface area (Å²) in [7, 11) is 0. The Morgan fingerprint density at radius 3 is 1.71 bits per heavy atom. The number of aliphatic hydroxyl groups is 2. The predicted octanol–water partition coefficient (Wildman–Crippen LogP) is 3.20. The Morgan fingerprint density at radius 2 is 1.14 bits per heavy atom. The van der Waals surface area contributed by atoms with Gasteiger partial charge in [-0.1, -0.05) is 64.2 Å². The summed E-state index contributed by atoms with van der Waals surface area (Å²) in [4.78, 5) is 82.5. The van der Waals surface area contributed by atoms with Crippen molar-refractivity contribution in [2.45, 2.75) is 141 Å². The van der Waals surface area contributed by atoms with E-state index in [9.17, 15) is 38.7 Å². The molecule has 0 spiro atoms. The van der Waals surface area contributed by atoms with Crippen molar-refractivity contribution in [3.8, 4) is 0 Å². The van der Waals surface area contributed by atoms with Gasteiger partial charge < -0.3 is 50.4 Å². The highest BCUT2D eigenvalue weighted by Gasteiger charge is 2.29. The number of rotatable bonds is 39. The average molecular weight is 844 g/mol. The number of aliphatic carboxylic acids is 2. The van der Waals surface area contributed by atoms with Gasteiger partial charge in [0.15, 0.2) is 12.4 Å². The van der Waals surface area contributed by atoms with Gasteiger partial charge in [0.1, 0.15) is 19.3 Å². The summed E-state index contributed by atoms with van der Waals surface area (Å²) in [6.45, 7) is 4.34. The van der Waals surface area contributed by atoms with Crippen LogP contribution in [0.2, 0.25) is 0 Å². The van der Waals surface area contributed by atoms with Crippen LogP contribution in [0.5, 0.6) is 0 Å². The van der Waals surface area contributed by atoms with Crippen LogP contribution in [-0.2, 0) is 47.8 Å². The quantitative estimate of drug-likeness (QED) is 0.0386. The van der Waals surface area contributed by atoms with Gasteiger partial charge in [0.25, 0.3) is 5.91 Å². The Labute approximate surface area is 350 Å². The number of nitrogens with one attached hydrogen (secondary N) is 4. The molecule has 1 fully saturated rings. The molecule has 1 atom stereocenters. The van der Waals surface area contributed by atoms with E-state index < -0.39 is 18.0 Å². The van der Waals surface area contributed by atoms with E-state index in [1.807, 2.05) is 0 Å². The van der Waals surface area contributed by atoms with E-state index >= 15 is 0 Å². The van der Waals surface area contributed by atoms with Crippen LogP contribution in [-0.4, -0.2) is 135 Å². The number of carboxylic acids is 2. The highest BCUT2D eigenvalue weighted by Crippen LogP contribution is 2.29. The number of hydrogen-bond acceptors (Lipinski definition) is 10. The summed E-state index contributed by atoms with van der Waals surface area (Å²) in [5, 5.41) is 29.3. The van der Waals surface area contributed by atoms with Crippen LogP contribution in [0.25, 0.3) is 0 Å². The van der Waals surface area contributed by atoms with E-state index in [-0.39, 0.29) is 93.5 Å². The summed E-state index contributed by atoms with van der Waals surface area (Å²) < 4.78 is 19.9. The van der Waals surface area contributed by atoms with Crippen LogP contribution >= 0.6 is 0 Å². The number of unbranched alkanes of at least 4 members (excludes halogenated alkanes) is 11. The summed E-state index contributed by atoms with van der Waals surface area (Å²) in [5.41, 5.74) is 0. The first kappa shape index (κ1) is 53.3. The van der Waals surface area contributed by atoms with Crippen LogP contribution in [0.3, 0.4) is 0 Å². The zero-order valence-corrected chi connectivity index (χ0v) is 35.6. The van der Waals surface area contributed by atoms with Gasteiger partial charge in [0.2, 0.25) is 24.3 Å². The van der Waals surface area contributed by atoms with Gasteiger partial charge in [0, 0.05) is 44.8 Å². The Kier molecular flexibility index (Phi) is 32.7. The molecule has 1 aliphatic carbocycles. The minimum absolute atomic E-state index is 0.0173. The number of Topliss-reactive ketones (excluding diaryl/α,β-unsaturated/α-hetero) is 1. The predicted molar refractivity (Wildman–Crippen MR) is 221 cm³/mol. The number of carbonyl (C=O) groups is 7. The standard InChI is InChI=1S/C42H74N4O13/c1-33(47)31-58-28-26-57-25-23-44-39(50)32-59-29-27-56-24-22-43-38(49)21-20-36(42(54)55)46-41(53)35-18-16-34(17-19-35)30-45-37(48)14-12-10-8-6-4-2-3-5-7-9-11-13-15-40(51)52/h34-36H,2-32H2,1H3,(H,43,49)(H,44,50)(H,45,48)(H,46,53)(H,51,52)(H,54,55)/p+1/t34?,35?,36-/m0/s1. The van der Waals surface area contributed by atoms with Crippen molar-refractivity contribution in [1.82, 2.24) is 21.3 Å². The lowest BCUT2D eigenvalue weighted by molar-refractivity contribution is -0.143. The van der Waals surface area contributed by atoms with Crippen molar-refractivity contribution in [2.24, 2.45) is 11.8 Å². The SMILES string of the molecule is CC(=O)COCCOCCNC(=O)C[OH+]CCOCCNC(=O)CC[C@H](NC(=O)C1CCC(CNC(=O)CCCCCCCCCCCCCCC(=O)O)CC1)C(=O)O. The molecule has 7 N–H and O–H groups in total. The topological polar surface area (TPSA) is 249 Å². The fourth-order valence-electron chi connectivity index (χ4n) is 6.64. The Balaban J connectivity index is 2.03. The lowest BCUT2D eigenvalue weighted by atomic mass is 9.81. The number of carboxylic acid groups (broad SMARTS) is 2.